The summed E-state index contributed by atoms with van der Waals surface area (Å²) in [4.78, 5) is 85.5. The van der Waals surface area contributed by atoms with Crippen molar-refractivity contribution < 1.29 is 24.0 Å². The largest absolute Gasteiger partial charge is 0.370 e. The van der Waals surface area contributed by atoms with Gasteiger partial charge in [-0.3, -0.25) is 24.5 Å². The van der Waals surface area contributed by atoms with E-state index in [0.29, 0.717) is 30.0 Å². The normalized spacial score (nSPS) is 22.4. The maximum Gasteiger partial charge on any atom is 0.320 e. The van der Waals surface area contributed by atoms with Gasteiger partial charge >= 0.3 is 6.03 Å². The van der Waals surface area contributed by atoms with Crippen molar-refractivity contribution in [3.63, 3.8) is 0 Å². The van der Waals surface area contributed by atoms with Crippen molar-refractivity contribution in [2.24, 2.45) is 11.7 Å². The number of likely N-dealkylation sites (tertiary alicyclic amines) is 1. The molecule has 1 aromatic carbocycles. The van der Waals surface area contributed by atoms with Crippen molar-refractivity contribution in [1.29, 1.82) is 0 Å². The summed E-state index contributed by atoms with van der Waals surface area (Å²) in [6, 6.07) is 11.4. The molecule has 1 unspecified atom stereocenters. The molecule has 0 radical (unpaired) electrons. The van der Waals surface area contributed by atoms with Crippen LogP contribution in [0.1, 0.15) is 83.8 Å². The van der Waals surface area contributed by atoms with Crippen molar-refractivity contribution in [2.75, 3.05) is 81.1 Å². The molecule has 5 saturated heterocycles. The molecule has 3 aromatic rings. The highest BCUT2D eigenvalue weighted by Crippen LogP contribution is 2.32. The van der Waals surface area contributed by atoms with E-state index >= 15 is 0 Å². The summed E-state index contributed by atoms with van der Waals surface area (Å²) in [6.07, 6.45) is 10.0. The fourth-order valence-corrected chi connectivity index (χ4v) is 9.16. The minimum Gasteiger partial charge on any atom is -0.370 e. The number of nitrogens with one attached hydrogen (secondary N) is 3. The molecule has 0 aliphatic carbocycles. The molecule has 0 spiro atoms. The molecule has 59 heavy (non-hydrogen) atoms. The van der Waals surface area contributed by atoms with E-state index in [0.717, 1.165) is 102 Å². The smallest absolute Gasteiger partial charge is 0.320 e. The number of imide groups is 1. The number of nitrogens with two attached hydrogens (primary N) is 1. The first-order chi connectivity index (χ1) is 28.6. The lowest BCUT2D eigenvalue weighted by molar-refractivity contribution is -0.134. The number of aromatic nitrogens is 3. The number of hydrogen-bond donors (Lipinski definition) is 4. The number of hydrogen-bond acceptors (Lipinski definition) is 12. The zero-order valence-corrected chi connectivity index (χ0v) is 33.6. The van der Waals surface area contributed by atoms with Gasteiger partial charge in [-0.1, -0.05) is 12.1 Å². The highest BCUT2D eigenvalue weighted by molar-refractivity contribution is 6.03. The molecule has 6 amide bonds. The topological polar surface area (TPSA) is 202 Å². The van der Waals surface area contributed by atoms with Gasteiger partial charge in [-0.05, 0) is 99.7 Å². The molecule has 5 fully saturated rings. The third kappa shape index (κ3) is 9.24. The Kier molecular flexibility index (Phi) is 11.9. The van der Waals surface area contributed by atoms with Crippen LogP contribution in [0.2, 0.25) is 0 Å². The quantitative estimate of drug-likeness (QED) is 0.207. The summed E-state index contributed by atoms with van der Waals surface area (Å²) in [5, 5.41) is 8.25. The Morgan fingerprint density at radius 3 is 2.31 bits per heavy atom. The number of anilines is 4. The first kappa shape index (κ1) is 40.0. The van der Waals surface area contributed by atoms with Gasteiger partial charge in [0.15, 0.2) is 11.5 Å². The summed E-state index contributed by atoms with van der Waals surface area (Å²) >= 11 is 0. The molecule has 312 valence electrons. The van der Waals surface area contributed by atoms with E-state index in [1.807, 2.05) is 30.1 Å². The number of carbonyl (C=O) groups excluding carboxylic acids is 5. The molecule has 5 aliphatic heterocycles. The van der Waals surface area contributed by atoms with Crippen LogP contribution in [0.5, 0.6) is 0 Å². The number of piperidine rings is 4. The van der Waals surface area contributed by atoms with Gasteiger partial charge in [0.1, 0.15) is 17.6 Å². The molecule has 5 N–H and O–H groups in total. The second-order valence-corrected chi connectivity index (χ2v) is 16.6. The summed E-state index contributed by atoms with van der Waals surface area (Å²) in [5.74, 6) is 0.193. The Labute approximate surface area is 344 Å². The Bertz CT molecular complexity index is 2030. The number of urea groups is 1. The van der Waals surface area contributed by atoms with Crippen LogP contribution in [0, 0.1) is 5.92 Å². The first-order valence-electron chi connectivity index (χ1n) is 21.0. The van der Waals surface area contributed by atoms with Gasteiger partial charge < -0.3 is 40.9 Å². The van der Waals surface area contributed by atoms with Crippen molar-refractivity contribution >= 4 is 52.7 Å². The molecule has 17 heteroatoms. The minimum absolute atomic E-state index is 0.0673. The number of primary amides is 1. The lowest BCUT2D eigenvalue weighted by Crippen LogP contribution is -2.52. The number of likely N-dealkylation sites (N-methyl/N-ethyl adjacent to an activating group) is 1. The van der Waals surface area contributed by atoms with E-state index in [1.165, 1.54) is 5.56 Å². The second-order valence-electron chi connectivity index (χ2n) is 16.6. The highest BCUT2D eigenvalue weighted by Gasteiger charge is 2.35. The molecule has 2 atom stereocenters. The van der Waals surface area contributed by atoms with E-state index < -0.39 is 23.8 Å². The van der Waals surface area contributed by atoms with Gasteiger partial charge in [-0.15, -0.1) is 0 Å². The highest BCUT2D eigenvalue weighted by atomic mass is 16.2. The minimum atomic E-state index is -0.731. The van der Waals surface area contributed by atoms with Crippen LogP contribution in [0.4, 0.5) is 27.8 Å². The van der Waals surface area contributed by atoms with Gasteiger partial charge in [0.25, 0.3) is 11.8 Å². The SMILES string of the molecule is CN1CCN([C@H]2CCCN(c3cnc(C(N)=O)c(Nc4ccc(C5CCN(CC6CCN(c7ccc(C(=O)NC8CCC(=O)NC8=O)nc7)CC6)CC5)cc4)n3)C2)C1=O. The van der Waals surface area contributed by atoms with Crippen LogP contribution in [-0.4, -0.2) is 137 Å². The fourth-order valence-electron chi connectivity index (χ4n) is 9.16. The lowest BCUT2D eigenvalue weighted by atomic mass is 9.88. The molecule has 0 bridgehead atoms. The lowest BCUT2D eigenvalue weighted by Gasteiger charge is -2.38. The molecular weight excluding hydrogens is 753 g/mol. The number of amides is 6. The Hall–Kier alpha value is -5.84. The summed E-state index contributed by atoms with van der Waals surface area (Å²) in [7, 11) is 1.84. The predicted octanol–water partition coefficient (Wildman–Crippen LogP) is 2.68. The third-order valence-corrected chi connectivity index (χ3v) is 12.7. The average molecular weight is 807 g/mol. The first-order valence-corrected chi connectivity index (χ1v) is 21.0. The third-order valence-electron chi connectivity index (χ3n) is 12.7. The van der Waals surface area contributed by atoms with Crippen LogP contribution in [0.15, 0.2) is 48.8 Å². The molecule has 5 aliphatic rings. The van der Waals surface area contributed by atoms with E-state index in [1.54, 1.807) is 23.4 Å². The zero-order valence-electron chi connectivity index (χ0n) is 33.6. The molecular formula is C42H54N12O5. The Morgan fingerprint density at radius 2 is 1.63 bits per heavy atom. The van der Waals surface area contributed by atoms with Crippen molar-refractivity contribution in [1.82, 2.24) is 40.3 Å². The molecule has 7 heterocycles. The van der Waals surface area contributed by atoms with Gasteiger partial charge in [0, 0.05) is 65.0 Å². The van der Waals surface area contributed by atoms with Crippen molar-refractivity contribution in [2.45, 2.75) is 69.4 Å². The van der Waals surface area contributed by atoms with Crippen LogP contribution in [-0.2, 0) is 9.59 Å². The van der Waals surface area contributed by atoms with Crippen LogP contribution in [0.25, 0.3) is 0 Å². The number of pyridine rings is 1. The van der Waals surface area contributed by atoms with Crippen molar-refractivity contribution in [3.8, 4) is 0 Å². The monoisotopic (exact) mass is 806 g/mol. The Morgan fingerprint density at radius 1 is 0.847 bits per heavy atom. The second kappa shape index (κ2) is 17.6. The van der Waals surface area contributed by atoms with E-state index in [9.17, 15) is 24.0 Å². The number of nitrogens with zero attached hydrogens (tertiary/aromatic N) is 8. The molecule has 0 saturated carbocycles. The zero-order chi connectivity index (χ0) is 41.0. The van der Waals surface area contributed by atoms with Crippen LogP contribution < -0.4 is 31.5 Å². The van der Waals surface area contributed by atoms with Crippen LogP contribution >= 0.6 is 0 Å². The van der Waals surface area contributed by atoms with Crippen molar-refractivity contribution in [3.05, 3.63) is 65.7 Å². The average Bonchev–Trinajstić information content (AvgIpc) is 3.59. The molecule has 2 aromatic heterocycles. The van der Waals surface area contributed by atoms with E-state index in [-0.39, 0.29) is 42.2 Å². The number of benzene rings is 1. The van der Waals surface area contributed by atoms with Gasteiger partial charge in [0.2, 0.25) is 11.8 Å². The van der Waals surface area contributed by atoms with Gasteiger partial charge in [-0.25, -0.2) is 19.7 Å². The van der Waals surface area contributed by atoms with Gasteiger partial charge in [0.05, 0.1) is 24.1 Å². The number of rotatable bonds is 11. The van der Waals surface area contributed by atoms with E-state index in [2.05, 4.69) is 52.8 Å². The Balaban J connectivity index is 0.789. The van der Waals surface area contributed by atoms with E-state index in [4.69, 9.17) is 10.7 Å². The van der Waals surface area contributed by atoms with Gasteiger partial charge in [-0.2, -0.15) is 0 Å². The summed E-state index contributed by atoms with van der Waals surface area (Å²) in [5.41, 5.74) is 9.13. The fraction of sp³-hybridized carbons (Fsp3) is 0.524. The summed E-state index contributed by atoms with van der Waals surface area (Å²) in [6.45, 7) is 7.98. The maximum atomic E-state index is 12.7. The van der Waals surface area contributed by atoms with Crippen LogP contribution in [0.3, 0.4) is 0 Å². The standard InChI is InChI=1S/C42H54N12O5/c1-50-21-22-54(42(50)59)32-3-2-16-53(26-32)35-24-45-37(38(43)56)39(48-35)46-30-6-4-28(5-7-30)29-14-17-51(18-15-29)25-27-12-19-52(20-13-27)31-8-9-33(44-23-31)40(57)47-34-10-11-36(55)49-41(34)58/h4-9,23-24,27,29,32,34H,2-3,10-22,25-26H2,1H3,(H2,43,56)(H,46,48)(H,47,57)(H,49,55,58)/t32-,34?/m0/s1. The summed E-state index contributed by atoms with van der Waals surface area (Å²) < 4.78 is 0. The molecule has 8 rings (SSSR count). The number of carbonyl (C=O) groups is 5. The predicted molar refractivity (Wildman–Crippen MR) is 221 cm³/mol. The maximum absolute atomic E-state index is 12.7. The molecule has 17 nitrogen and oxygen atoms in total.